The topological polar surface area (TPSA) is 41.6 Å². The van der Waals surface area contributed by atoms with Crippen LogP contribution in [-0.4, -0.2) is 49.2 Å². The number of nitrogens with one attached hydrogen (secondary N) is 1. The van der Waals surface area contributed by atoms with E-state index in [0.29, 0.717) is 18.1 Å². The summed E-state index contributed by atoms with van der Waals surface area (Å²) in [6, 6.07) is 0.516. The van der Waals surface area contributed by atoms with Gasteiger partial charge in [-0.1, -0.05) is 13.8 Å². The maximum atomic E-state index is 12.3. The second kappa shape index (κ2) is 6.02. The molecule has 116 valence electrons. The molecule has 4 heteroatoms. The van der Waals surface area contributed by atoms with Crippen molar-refractivity contribution >= 4 is 5.97 Å². The van der Waals surface area contributed by atoms with E-state index in [1.54, 1.807) is 0 Å². The zero-order valence-corrected chi connectivity index (χ0v) is 13.5. The summed E-state index contributed by atoms with van der Waals surface area (Å²) in [6.07, 6.45) is 5.35. The zero-order chi connectivity index (χ0) is 14.8. The monoisotopic (exact) mass is 282 g/mol. The minimum atomic E-state index is -0.467. The molecule has 2 rings (SSSR count). The molecule has 1 N–H and O–H groups in total. The highest BCUT2D eigenvalue weighted by Gasteiger charge is 2.45. The summed E-state index contributed by atoms with van der Waals surface area (Å²) in [5.41, 5.74) is -0.0463. The molecule has 0 radical (unpaired) electrons. The van der Waals surface area contributed by atoms with Crippen LogP contribution >= 0.6 is 0 Å². The predicted molar refractivity (Wildman–Crippen MR) is 80.7 cm³/mol. The lowest BCUT2D eigenvalue weighted by molar-refractivity contribution is -0.153. The Morgan fingerprint density at radius 2 is 2.15 bits per heavy atom. The Bertz CT molecular complexity index is 356. The highest BCUT2D eigenvalue weighted by Crippen LogP contribution is 2.37. The SMILES string of the molecule is CCOC(=O)C1(NC)CCCC(N2CCC(C)(C)C2)C1. The van der Waals surface area contributed by atoms with Crippen LogP contribution in [0.3, 0.4) is 0 Å². The first-order valence-electron chi connectivity index (χ1n) is 8.03. The third kappa shape index (κ3) is 3.17. The van der Waals surface area contributed by atoms with Crippen molar-refractivity contribution in [2.45, 2.75) is 64.5 Å². The van der Waals surface area contributed by atoms with Gasteiger partial charge in [-0.05, 0) is 58.0 Å². The molecule has 0 spiro atoms. The Kier molecular flexibility index (Phi) is 4.75. The van der Waals surface area contributed by atoms with Gasteiger partial charge in [0.25, 0.3) is 0 Å². The van der Waals surface area contributed by atoms with Gasteiger partial charge in [-0.15, -0.1) is 0 Å². The molecule has 0 aromatic heterocycles. The molecule has 2 atom stereocenters. The van der Waals surface area contributed by atoms with Crippen LogP contribution in [0.4, 0.5) is 0 Å². The fourth-order valence-corrected chi connectivity index (χ4v) is 3.81. The lowest BCUT2D eigenvalue weighted by atomic mass is 9.78. The highest BCUT2D eigenvalue weighted by atomic mass is 16.5. The van der Waals surface area contributed by atoms with Crippen molar-refractivity contribution in [2.75, 3.05) is 26.7 Å². The van der Waals surface area contributed by atoms with Gasteiger partial charge in [0, 0.05) is 12.6 Å². The third-order valence-electron chi connectivity index (χ3n) is 5.09. The molecular formula is C16H30N2O2. The first-order chi connectivity index (χ1) is 9.42. The van der Waals surface area contributed by atoms with Gasteiger partial charge in [-0.3, -0.25) is 9.69 Å². The predicted octanol–water partition coefficient (Wildman–Crippen LogP) is 2.18. The fourth-order valence-electron chi connectivity index (χ4n) is 3.81. The first-order valence-corrected chi connectivity index (χ1v) is 8.03. The Balaban J connectivity index is 2.05. The van der Waals surface area contributed by atoms with E-state index in [1.165, 1.54) is 19.4 Å². The number of rotatable bonds is 4. The van der Waals surface area contributed by atoms with E-state index in [2.05, 4.69) is 24.1 Å². The van der Waals surface area contributed by atoms with Gasteiger partial charge in [0.15, 0.2) is 0 Å². The van der Waals surface area contributed by atoms with Gasteiger partial charge < -0.3 is 10.1 Å². The molecule has 2 unspecified atom stereocenters. The van der Waals surface area contributed by atoms with Crippen LogP contribution in [0.1, 0.15) is 52.9 Å². The Labute approximate surface area is 123 Å². The summed E-state index contributed by atoms with van der Waals surface area (Å²) in [4.78, 5) is 14.9. The molecule has 0 aromatic carbocycles. The van der Waals surface area contributed by atoms with Crippen LogP contribution in [0, 0.1) is 5.41 Å². The summed E-state index contributed by atoms with van der Waals surface area (Å²) in [5, 5.41) is 3.27. The molecule has 1 aliphatic heterocycles. The molecule has 1 aliphatic carbocycles. The van der Waals surface area contributed by atoms with Crippen LogP contribution in [-0.2, 0) is 9.53 Å². The summed E-state index contributed by atoms with van der Waals surface area (Å²) >= 11 is 0. The molecule has 0 aromatic rings. The van der Waals surface area contributed by atoms with Crippen molar-refractivity contribution in [3.8, 4) is 0 Å². The van der Waals surface area contributed by atoms with Crippen molar-refractivity contribution in [3.05, 3.63) is 0 Å². The number of hydrogen-bond acceptors (Lipinski definition) is 4. The molecule has 1 saturated carbocycles. The van der Waals surface area contributed by atoms with E-state index in [1.807, 2.05) is 14.0 Å². The number of carbonyl (C=O) groups excluding carboxylic acids is 1. The highest BCUT2D eigenvalue weighted by molar-refractivity contribution is 5.81. The number of esters is 1. The molecule has 0 amide bonds. The van der Waals surface area contributed by atoms with Crippen LogP contribution in [0.15, 0.2) is 0 Å². The summed E-state index contributed by atoms with van der Waals surface area (Å²) < 4.78 is 5.31. The maximum absolute atomic E-state index is 12.3. The lowest BCUT2D eigenvalue weighted by Crippen LogP contribution is -2.57. The average Bonchev–Trinajstić information content (AvgIpc) is 2.79. The minimum Gasteiger partial charge on any atom is -0.465 e. The molecule has 0 bridgehead atoms. The van der Waals surface area contributed by atoms with Gasteiger partial charge in [-0.25, -0.2) is 0 Å². The lowest BCUT2D eigenvalue weighted by Gasteiger charge is -2.42. The van der Waals surface area contributed by atoms with Crippen molar-refractivity contribution < 1.29 is 9.53 Å². The normalized spacial score (nSPS) is 34.1. The van der Waals surface area contributed by atoms with Crippen molar-refractivity contribution in [3.63, 3.8) is 0 Å². The number of carbonyl (C=O) groups is 1. The molecule has 2 aliphatic rings. The standard InChI is InChI=1S/C16H30N2O2/c1-5-20-14(19)16(17-4)8-6-7-13(11-16)18-10-9-15(2,3)12-18/h13,17H,5-12H2,1-4H3. The number of hydrogen-bond donors (Lipinski definition) is 1. The fraction of sp³-hybridized carbons (Fsp3) is 0.938. The quantitative estimate of drug-likeness (QED) is 0.803. The zero-order valence-electron chi connectivity index (χ0n) is 13.5. The van der Waals surface area contributed by atoms with Gasteiger partial charge >= 0.3 is 5.97 Å². The van der Waals surface area contributed by atoms with E-state index in [9.17, 15) is 4.79 Å². The number of likely N-dealkylation sites (tertiary alicyclic amines) is 1. The Morgan fingerprint density at radius 3 is 2.70 bits per heavy atom. The van der Waals surface area contributed by atoms with E-state index >= 15 is 0 Å². The number of likely N-dealkylation sites (N-methyl/N-ethyl adjacent to an activating group) is 1. The second-order valence-corrected chi connectivity index (χ2v) is 7.19. The maximum Gasteiger partial charge on any atom is 0.326 e. The van der Waals surface area contributed by atoms with Gasteiger partial charge in [0.2, 0.25) is 0 Å². The molecule has 1 heterocycles. The van der Waals surface area contributed by atoms with Crippen molar-refractivity contribution in [2.24, 2.45) is 5.41 Å². The number of nitrogens with zero attached hydrogens (tertiary/aromatic N) is 1. The molecular weight excluding hydrogens is 252 g/mol. The third-order valence-corrected chi connectivity index (χ3v) is 5.09. The molecule has 20 heavy (non-hydrogen) atoms. The Hall–Kier alpha value is -0.610. The Morgan fingerprint density at radius 1 is 1.40 bits per heavy atom. The average molecular weight is 282 g/mol. The van der Waals surface area contributed by atoms with Gasteiger partial charge in [-0.2, -0.15) is 0 Å². The first kappa shape index (κ1) is 15.8. The van der Waals surface area contributed by atoms with Gasteiger partial charge in [0.1, 0.15) is 5.54 Å². The van der Waals surface area contributed by atoms with Gasteiger partial charge in [0.05, 0.1) is 6.61 Å². The second-order valence-electron chi connectivity index (χ2n) is 7.19. The summed E-state index contributed by atoms with van der Waals surface area (Å²) in [7, 11) is 1.90. The van der Waals surface area contributed by atoms with E-state index in [4.69, 9.17) is 4.74 Å². The van der Waals surface area contributed by atoms with Crippen molar-refractivity contribution in [1.29, 1.82) is 0 Å². The van der Waals surface area contributed by atoms with Crippen LogP contribution in [0.2, 0.25) is 0 Å². The van der Waals surface area contributed by atoms with Crippen LogP contribution in [0.25, 0.3) is 0 Å². The van der Waals surface area contributed by atoms with E-state index in [-0.39, 0.29) is 5.97 Å². The minimum absolute atomic E-state index is 0.0642. The van der Waals surface area contributed by atoms with E-state index < -0.39 is 5.54 Å². The molecule has 4 nitrogen and oxygen atoms in total. The molecule has 1 saturated heterocycles. The largest absolute Gasteiger partial charge is 0.465 e. The van der Waals surface area contributed by atoms with Crippen molar-refractivity contribution in [1.82, 2.24) is 10.2 Å². The summed E-state index contributed by atoms with van der Waals surface area (Å²) in [5.74, 6) is -0.0642. The van der Waals surface area contributed by atoms with Crippen LogP contribution < -0.4 is 5.32 Å². The summed E-state index contributed by atoms with van der Waals surface area (Å²) in [6.45, 7) is 9.34. The van der Waals surface area contributed by atoms with E-state index in [0.717, 1.165) is 25.8 Å². The number of ether oxygens (including phenoxy) is 1. The molecule has 2 fully saturated rings. The van der Waals surface area contributed by atoms with Crippen LogP contribution in [0.5, 0.6) is 0 Å². The smallest absolute Gasteiger partial charge is 0.326 e.